The van der Waals surface area contributed by atoms with Crippen LogP contribution in [0.25, 0.3) is 0 Å². The molecule has 6 heteroatoms. The van der Waals surface area contributed by atoms with E-state index in [9.17, 15) is 4.79 Å². The minimum absolute atomic E-state index is 0.110. The first-order valence-corrected chi connectivity index (χ1v) is 5.08. The van der Waals surface area contributed by atoms with Gasteiger partial charge < -0.3 is 10.6 Å². The van der Waals surface area contributed by atoms with Crippen molar-refractivity contribution in [3.63, 3.8) is 0 Å². The minimum atomic E-state index is -0.172. The molecule has 0 aliphatic carbocycles. The monoisotopic (exact) mass is 209 g/mol. The summed E-state index contributed by atoms with van der Waals surface area (Å²) in [5.74, 6) is 0.110. The molecule has 0 bridgehead atoms. The Morgan fingerprint density at radius 2 is 2.47 bits per heavy atom. The van der Waals surface area contributed by atoms with Crippen molar-refractivity contribution in [2.45, 2.75) is 18.9 Å². The van der Waals surface area contributed by atoms with Crippen LogP contribution in [0.5, 0.6) is 0 Å². The Morgan fingerprint density at radius 1 is 1.67 bits per heavy atom. The third-order valence-corrected chi connectivity index (χ3v) is 2.68. The number of carbonyl (C=O) groups excluding carboxylic acids is 1. The Labute approximate surface area is 88.0 Å². The molecule has 1 aromatic rings. The highest BCUT2D eigenvalue weighted by molar-refractivity contribution is 5.82. The number of amides is 1. The van der Waals surface area contributed by atoms with Crippen molar-refractivity contribution >= 4 is 5.91 Å². The summed E-state index contributed by atoms with van der Waals surface area (Å²) in [5.41, 5.74) is 6.27. The van der Waals surface area contributed by atoms with E-state index in [0.29, 0.717) is 13.0 Å². The van der Waals surface area contributed by atoms with Gasteiger partial charge in [-0.3, -0.25) is 4.79 Å². The summed E-state index contributed by atoms with van der Waals surface area (Å²) in [6.45, 7) is 1.34. The van der Waals surface area contributed by atoms with Gasteiger partial charge in [-0.25, -0.2) is 4.68 Å². The number of likely N-dealkylation sites (tertiary alicyclic amines) is 1. The number of aromatic nitrogens is 3. The molecule has 2 rings (SSSR count). The van der Waals surface area contributed by atoms with E-state index in [2.05, 4.69) is 10.3 Å². The number of hydrogen-bond donors (Lipinski definition) is 1. The molecule has 1 aliphatic rings. The second-order valence-electron chi connectivity index (χ2n) is 3.79. The van der Waals surface area contributed by atoms with Gasteiger partial charge in [-0.1, -0.05) is 5.21 Å². The second kappa shape index (κ2) is 3.98. The Balaban J connectivity index is 2.12. The Kier molecular flexibility index (Phi) is 2.68. The second-order valence-corrected chi connectivity index (χ2v) is 3.79. The number of nitrogens with zero attached hydrogens (tertiary/aromatic N) is 4. The molecule has 0 radical (unpaired) electrons. The van der Waals surface area contributed by atoms with Crippen LogP contribution < -0.4 is 5.73 Å². The van der Waals surface area contributed by atoms with Gasteiger partial charge in [0.2, 0.25) is 5.91 Å². The SMILES string of the molecule is CN1CCC(n2cc(CCN)nn2)C1=O. The van der Waals surface area contributed by atoms with E-state index in [0.717, 1.165) is 18.7 Å². The average molecular weight is 209 g/mol. The smallest absolute Gasteiger partial charge is 0.247 e. The maximum absolute atomic E-state index is 11.7. The standard InChI is InChI=1S/C9H15N5O/c1-13-5-3-8(9(13)15)14-6-7(2-4-10)11-12-14/h6,8H,2-5,10H2,1H3. The van der Waals surface area contributed by atoms with Crippen LogP contribution in [0.3, 0.4) is 0 Å². The van der Waals surface area contributed by atoms with Crippen molar-refractivity contribution in [1.29, 1.82) is 0 Å². The summed E-state index contributed by atoms with van der Waals surface area (Å²) in [6.07, 6.45) is 3.33. The molecule has 0 spiro atoms. The molecule has 2 N–H and O–H groups in total. The summed E-state index contributed by atoms with van der Waals surface area (Å²) in [6, 6.07) is -0.172. The maximum Gasteiger partial charge on any atom is 0.247 e. The van der Waals surface area contributed by atoms with E-state index in [1.807, 2.05) is 6.20 Å². The quantitative estimate of drug-likeness (QED) is 0.705. The molecule has 1 amide bonds. The highest BCUT2D eigenvalue weighted by Crippen LogP contribution is 2.20. The zero-order valence-corrected chi connectivity index (χ0v) is 8.76. The van der Waals surface area contributed by atoms with E-state index in [1.54, 1.807) is 16.6 Å². The van der Waals surface area contributed by atoms with Crippen LogP contribution in [0.4, 0.5) is 0 Å². The van der Waals surface area contributed by atoms with Crippen molar-refractivity contribution in [1.82, 2.24) is 19.9 Å². The topological polar surface area (TPSA) is 77.0 Å². The molecular formula is C9H15N5O. The van der Waals surface area contributed by atoms with Gasteiger partial charge in [0.1, 0.15) is 6.04 Å². The van der Waals surface area contributed by atoms with Crippen LogP contribution >= 0.6 is 0 Å². The predicted molar refractivity (Wildman–Crippen MR) is 54.1 cm³/mol. The van der Waals surface area contributed by atoms with E-state index >= 15 is 0 Å². The molecule has 2 heterocycles. The number of hydrogen-bond acceptors (Lipinski definition) is 4. The van der Waals surface area contributed by atoms with Crippen molar-refractivity contribution in [3.05, 3.63) is 11.9 Å². The van der Waals surface area contributed by atoms with Crippen molar-refractivity contribution in [2.24, 2.45) is 5.73 Å². The van der Waals surface area contributed by atoms with Crippen molar-refractivity contribution in [2.75, 3.05) is 20.1 Å². The van der Waals surface area contributed by atoms with Gasteiger partial charge in [-0.05, 0) is 13.0 Å². The first kappa shape index (κ1) is 10.1. The molecule has 1 unspecified atom stereocenters. The molecule has 1 fully saturated rings. The average Bonchev–Trinajstić information content (AvgIpc) is 2.77. The molecule has 1 aromatic heterocycles. The fourth-order valence-corrected chi connectivity index (χ4v) is 1.78. The molecular weight excluding hydrogens is 194 g/mol. The van der Waals surface area contributed by atoms with Crippen LogP contribution in [0.15, 0.2) is 6.20 Å². The van der Waals surface area contributed by atoms with Crippen LogP contribution in [-0.2, 0) is 11.2 Å². The summed E-state index contributed by atoms with van der Waals surface area (Å²) in [4.78, 5) is 13.4. The molecule has 6 nitrogen and oxygen atoms in total. The summed E-state index contributed by atoms with van der Waals surface area (Å²) >= 11 is 0. The van der Waals surface area contributed by atoms with Gasteiger partial charge in [-0.2, -0.15) is 0 Å². The van der Waals surface area contributed by atoms with Gasteiger partial charge in [0, 0.05) is 26.2 Å². The molecule has 1 atom stereocenters. The molecule has 1 saturated heterocycles. The normalized spacial score (nSPS) is 21.3. The Morgan fingerprint density at radius 3 is 3.07 bits per heavy atom. The highest BCUT2D eigenvalue weighted by atomic mass is 16.2. The van der Waals surface area contributed by atoms with Crippen molar-refractivity contribution < 1.29 is 4.79 Å². The number of carbonyl (C=O) groups is 1. The fraction of sp³-hybridized carbons (Fsp3) is 0.667. The summed E-state index contributed by atoms with van der Waals surface area (Å²) < 4.78 is 1.65. The van der Waals surface area contributed by atoms with Crippen LogP contribution in [-0.4, -0.2) is 45.9 Å². The molecule has 15 heavy (non-hydrogen) atoms. The third-order valence-electron chi connectivity index (χ3n) is 2.68. The third kappa shape index (κ3) is 1.85. The first-order chi connectivity index (χ1) is 7.22. The van der Waals surface area contributed by atoms with Crippen LogP contribution in [0.1, 0.15) is 18.2 Å². The van der Waals surface area contributed by atoms with E-state index in [4.69, 9.17) is 5.73 Å². The zero-order chi connectivity index (χ0) is 10.8. The summed E-state index contributed by atoms with van der Waals surface area (Å²) in [7, 11) is 1.81. The first-order valence-electron chi connectivity index (χ1n) is 5.08. The molecule has 82 valence electrons. The van der Waals surface area contributed by atoms with Gasteiger partial charge in [0.15, 0.2) is 0 Å². The predicted octanol–water partition coefficient (Wildman–Crippen LogP) is -0.817. The number of nitrogens with two attached hydrogens (primary N) is 1. The van der Waals surface area contributed by atoms with Gasteiger partial charge in [-0.15, -0.1) is 5.10 Å². The fourth-order valence-electron chi connectivity index (χ4n) is 1.78. The van der Waals surface area contributed by atoms with Gasteiger partial charge in [0.25, 0.3) is 0 Å². The largest absolute Gasteiger partial charge is 0.344 e. The van der Waals surface area contributed by atoms with E-state index in [1.165, 1.54) is 0 Å². The lowest BCUT2D eigenvalue weighted by Gasteiger charge is -2.09. The highest BCUT2D eigenvalue weighted by Gasteiger charge is 2.31. The summed E-state index contributed by atoms with van der Waals surface area (Å²) in [5, 5.41) is 7.94. The lowest BCUT2D eigenvalue weighted by molar-refractivity contribution is -0.129. The maximum atomic E-state index is 11.7. The van der Waals surface area contributed by atoms with Gasteiger partial charge in [0.05, 0.1) is 5.69 Å². The van der Waals surface area contributed by atoms with Crippen LogP contribution in [0, 0.1) is 0 Å². The zero-order valence-electron chi connectivity index (χ0n) is 8.76. The van der Waals surface area contributed by atoms with E-state index < -0.39 is 0 Å². The van der Waals surface area contributed by atoms with Crippen LogP contribution in [0.2, 0.25) is 0 Å². The van der Waals surface area contributed by atoms with Gasteiger partial charge >= 0.3 is 0 Å². The van der Waals surface area contributed by atoms with Crippen molar-refractivity contribution in [3.8, 4) is 0 Å². The molecule has 0 aromatic carbocycles. The molecule has 0 saturated carbocycles. The molecule has 1 aliphatic heterocycles. The van der Waals surface area contributed by atoms with E-state index in [-0.39, 0.29) is 11.9 Å². The minimum Gasteiger partial charge on any atom is -0.344 e. The number of likely N-dealkylation sites (N-methyl/N-ethyl adjacent to an activating group) is 1. The lowest BCUT2D eigenvalue weighted by Crippen LogP contribution is -2.24. The Hall–Kier alpha value is -1.43. The Bertz CT molecular complexity index is 361. The number of rotatable bonds is 3. The lowest BCUT2D eigenvalue weighted by atomic mass is 10.2.